The molecule has 5 heteroatoms. The molecule has 1 aromatic rings. The molecule has 2 amide bonds. The van der Waals surface area contributed by atoms with Gasteiger partial charge < -0.3 is 10.2 Å². The summed E-state index contributed by atoms with van der Waals surface area (Å²) in [6, 6.07) is 5.32. The van der Waals surface area contributed by atoms with Gasteiger partial charge in [0.1, 0.15) is 5.92 Å². The Balaban J connectivity index is 2.35. The number of benzene rings is 1. The highest BCUT2D eigenvalue weighted by Gasteiger charge is 2.33. The van der Waals surface area contributed by atoms with Gasteiger partial charge in [-0.2, -0.15) is 0 Å². The van der Waals surface area contributed by atoms with Crippen molar-refractivity contribution in [1.29, 1.82) is 0 Å². The zero-order valence-corrected chi connectivity index (χ0v) is 10.4. The van der Waals surface area contributed by atoms with Gasteiger partial charge in [0, 0.05) is 24.8 Å². The first-order valence-corrected chi connectivity index (χ1v) is 5.68. The molecular formula is C12H13ClN2O2. The highest BCUT2D eigenvalue weighted by Crippen LogP contribution is 2.31. The second kappa shape index (κ2) is 4.37. The molecule has 0 spiro atoms. The van der Waals surface area contributed by atoms with Gasteiger partial charge in [-0.15, -0.1) is 0 Å². The first-order valence-electron chi connectivity index (χ1n) is 5.30. The van der Waals surface area contributed by atoms with E-state index >= 15 is 0 Å². The molecule has 1 aliphatic rings. The van der Waals surface area contributed by atoms with Crippen LogP contribution in [0.5, 0.6) is 0 Å². The second-order valence-electron chi connectivity index (χ2n) is 4.24. The average Bonchev–Trinajstić information content (AvgIpc) is 2.27. The fourth-order valence-corrected chi connectivity index (χ4v) is 2.16. The Hall–Kier alpha value is -1.55. The maximum absolute atomic E-state index is 11.9. The summed E-state index contributed by atoms with van der Waals surface area (Å²) in [5.41, 5.74) is 1.53. The Morgan fingerprint density at radius 1 is 1.47 bits per heavy atom. The highest BCUT2D eigenvalue weighted by molar-refractivity contribution is 6.32. The first kappa shape index (κ1) is 11.9. The van der Waals surface area contributed by atoms with Crippen molar-refractivity contribution in [1.82, 2.24) is 4.90 Å². The van der Waals surface area contributed by atoms with Crippen LogP contribution in [0.2, 0.25) is 5.02 Å². The predicted molar refractivity (Wildman–Crippen MR) is 66.0 cm³/mol. The SMILES string of the molecule is CN(C)C(=O)C1Cc2c(Cl)cccc2NC1=O. The van der Waals surface area contributed by atoms with E-state index in [2.05, 4.69) is 5.32 Å². The molecule has 0 fully saturated rings. The largest absolute Gasteiger partial charge is 0.348 e. The van der Waals surface area contributed by atoms with Crippen LogP contribution < -0.4 is 5.32 Å². The molecule has 1 atom stereocenters. The van der Waals surface area contributed by atoms with Gasteiger partial charge >= 0.3 is 0 Å². The summed E-state index contributed by atoms with van der Waals surface area (Å²) >= 11 is 6.06. The molecule has 0 saturated heterocycles. The molecule has 90 valence electrons. The molecule has 0 aliphatic carbocycles. The van der Waals surface area contributed by atoms with Crippen LogP contribution in [0.15, 0.2) is 18.2 Å². The van der Waals surface area contributed by atoms with Gasteiger partial charge in [0.05, 0.1) is 0 Å². The lowest BCUT2D eigenvalue weighted by molar-refractivity contribution is -0.138. The van der Waals surface area contributed by atoms with E-state index < -0.39 is 5.92 Å². The smallest absolute Gasteiger partial charge is 0.237 e. The lowest BCUT2D eigenvalue weighted by atomic mass is 9.92. The van der Waals surface area contributed by atoms with E-state index in [1.54, 1.807) is 32.3 Å². The maximum atomic E-state index is 11.9. The van der Waals surface area contributed by atoms with Crippen LogP contribution in [0.4, 0.5) is 5.69 Å². The van der Waals surface area contributed by atoms with E-state index in [4.69, 9.17) is 11.6 Å². The fraction of sp³-hybridized carbons (Fsp3) is 0.333. The minimum atomic E-state index is -0.683. The average molecular weight is 253 g/mol. The number of fused-ring (bicyclic) bond motifs is 1. The third-order valence-electron chi connectivity index (χ3n) is 2.84. The van der Waals surface area contributed by atoms with E-state index in [-0.39, 0.29) is 11.8 Å². The number of amides is 2. The molecule has 4 nitrogen and oxygen atoms in total. The number of carbonyl (C=O) groups excluding carboxylic acids is 2. The summed E-state index contributed by atoms with van der Waals surface area (Å²) in [5, 5.41) is 3.30. The van der Waals surface area contributed by atoms with E-state index in [0.717, 1.165) is 5.56 Å². The van der Waals surface area contributed by atoms with Crippen LogP contribution in [-0.4, -0.2) is 30.8 Å². The minimum absolute atomic E-state index is 0.201. The lowest BCUT2D eigenvalue weighted by Crippen LogP contribution is -2.41. The zero-order valence-electron chi connectivity index (χ0n) is 9.66. The quantitative estimate of drug-likeness (QED) is 0.771. The van der Waals surface area contributed by atoms with E-state index in [1.165, 1.54) is 4.90 Å². The van der Waals surface area contributed by atoms with Gasteiger partial charge in [-0.3, -0.25) is 9.59 Å². The molecule has 0 bridgehead atoms. The molecule has 0 saturated carbocycles. The van der Waals surface area contributed by atoms with Crippen LogP contribution in [0.1, 0.15) is 5.56 Å². The number of nitrogens with one attached hydrogen (secondary N) is 1. The van der Waals surface area contributed by atoms with Crippen LogP contribution in [-0.2, 0) is 16.0 Å². The highest BCUT2D eigenvalue weighted by atomic mass is 35.5. The number of nitrogens with zero attached hydrogens (tertiary/aromatic N) is 1. The maximum Gasteiger partial charge on any atom is 0.237 e. The lowest BCUT2D eigenvalue weighted by Gasteiger charge is -2.26. The number of hydrogen-bond donors (Lipinski definition) is 1. The molecule has 1 N–H and O–H groups in total. The standard InChI is InChI=1S/C12H13ClN2O2/c1-15(2)12(17)8-6-7-9(13)4-3-5-10(7)14-11(8)16/h3-5,8H,6H2,1-2H3,(H,14,16). The van der Waals surface area contributed by atoms with E-state index in [9.17, 15) is 9.59 Å². The topological polar surface area (TPSA) is 49.4 Å². The van der Waals surface area contributed by atoms with Gasteiger partial charge in [-0.1, -0.05) is 17.7 Å². The fourth-order valence-electron chi connectivity index (χ4n) is 1.91. The summed E-state index contributed by atoms with van der Waals surface area (Å²) in [4.78, 5) is 25.1. The van der Waals surface area contributed by atoms with Crippen LogP contribution in [0.25, 0.3) is 0 Å². The minimum Gasteiger partial charge on any atom is -0.348 e. The van der Waals surface area contributed by atoms with Gasteiger partial charge in [0.15, 0.2) is 0 Å². The van der Waals surface area contributed by atoms with Crippen molar-refractivity contribution in [3.63, 3.8) is 0 Å². The van der Waals surface area contributed by atoms with Crippen molar-refractivity contribution < 1.29 is 9.59 Å². The summed E-state index contributed by atoms with van der Waals surface area (Å²) in [6.07, 6.45) is 0.359. The molecule has 1 heterocycles. The Bertz CT molecular complexity index is 485. The normalized spacial score (nSPS) is 18.3. The van der Waals surface area contributed by atoms with Gasteiger partial charge in [-0.05, 0) is 24.1 Å². The van der Waals surface area contributed by atoms with Crippen LogP contribution >= 0.6 is 11.6 Å². The molecule has 1 unspecified atom stereocenters. The number of rotatable bonds is 1. The number of carbonyl (C=O) groups is 2. The van der Waals surface area contributed by atoms with Gasteiger partial charge in [-0.25, -0.2) is 0 Å². The Morgan fingerprint density at radius 3 is 2.82 bits per heavy atom. The molecule has 2 rings (SSSR count). The van der Waals surface area contributed by atoms with Gasteiger partial charge in [0.2, 0.25) is 11.8 Å². The molecule has 0 radical (unpaired) electrons. The number of anilines is 1. The third kappa shape index (κ3) is 2.13. The van der Waals surface area contributed by atoms with Crippen molar-refractivity contribution in [2.75, 3.05) is 19.4 Å². The van der Waals surface area contributed by atoms with E-state index in [0.29, 0.717) is 17.1 Å². The van der Waals surface area contributed by atoms with Crippen molar-refractivity contribution in [3.8, 4) is 0 Å². The Labute approximate surface area is 105 Å². The number of hydrogen-bond acceptors (Lipinski definition) is 2. The summed E-state index contributed by atoms with van der Waals surface area (Å²) in [5.74, 6) is -1.15. The van der Waals surface area contributed by atoms with Crippen molar-refractivity contribution in [3.05, 3.63) is 28.8 Å². The monoisotopic (exact) mass is 252 g/mol. The molecule has 0 aromatic heterocycles. The Kier molecular flexibility index (Phi) is 3.07. The summed E-state index contributed by atoms with van der Waals surface area (Å²) < 4.78 is 0. The van der Waals surface area contributed by atoms with Crippen molar-refractivity contribution >= 4 is 29.1 Å². The second-order valence-corrected chi connectivity index (χ2v) is 4.65. The van der Waals surface area contributed by atoms with Crippen molar-refractivity contribution in [2.24, 2.45) is 5.92 Å². The number of halogens is 1. The molecule has 17 heavy (non-hydrogen) atoms. The first-order chi connectivity index (χ1) is 8.00. The summed E-state index contributed by atoms with van der Waals surface area (Å²) in [7, 11) is 3.27. The van der Waals surface area contributed by atoms with Gasteiger partial charge in [0.25, 0.3) is 0 Å². The molecule has 1 aromatic carbocycles. The Morgan fingerprint density at radius 2 is 2.18 bits per heavy atom. The van der Waals surface area contributed by atoms with Crippen LogP contribution in [0.3, 0.4) is 0 Å². The summed E-state index contributed by atoms with van der Waals surface area (Å²) in [6.45, 7) is 0. The predicted octanol–water partition coefficient (Wildman–Crippen LogP) is 1.54. The zero-order chi connectivity index (χ0) is 12.6. The molecule has 1 aliphatic heterocycles. The van der Waals surface area contributed by atoms with Crippen LogP contribution in [0, 0.1) is 5.92 Å². The third-order valence-corrected chi connectivity index (χ3v) is 3.19. The van der Waals surface area contributed by atoms with E-state index in [1.807, 2.05) is 0 Å². The molecular weight excluding hydrogens is 240 g/mol. The van der Waals surface area contributed by atoms with Crippen molar-refractivity contribution in [2.45, 2.75) is 6.42 Å².